The number of nitrogens with zero attached hydrogens (tertiary/aromatic N) is 4. The first kappa shape index (κ1) is 19.6. The number of piperazine rings is 1. The first-order chi connectivity index (χ1) is 14.0. The third-order valence-corrected chi connectivity index (χ3v) is 5.67. The minimum atomic E-state index is -0.409. The lowest BCUT2D eigenvalue weighted by Crippen LogP contribution is -2.48. The second kappa shape index (κ2) is 7.97. The summed E-state index contributed by atoms with van der Waals surface area (Å²) >= 11 is 13.1. The molecule has 148 valence electrons. The first-order valence-electron chi connectivity index (χ1n) is 9.05. The number of fused-ring (bicyclic) bond motifs is 1. The maximum absolute atomic E-state index is 14.3. The number of halogens is 3. The monoisotopic (exact) mass is 430 g/mol. The summed E-state index contributed by atoms with van der Waals surface area (Å²) in [5.41, 5.74) is 1.23. The fourth-order valence-corrected chi connectivity index (χ4v) is 4.25. The molecule has 2 aromatic carbocycles. The number of aromatic nitrogens is 2. The minimum absolute atomic E-state index is 0.0854. The van der Waals surface area contributed by atoms with Crippen LogP contribution in [0, 0.1) is 5.82 Å². The molecule has 1 saturated heterocycles. The molecule has 8 heteroatoms. The van der Waals surface area contributed by atoms with Crippen LogP contribution in [0.4, 0.5) is 10.2 Å². The molecule has 1 aliphatic rings. The van der Waals surface area contributed by atoms with Gasteiger partial charge in [-0.2, -0.15) is 0 Å². The van der Waals surface area contributed by atoms with E-state index in [0.29, 0.717) is 59.0 Å². The van der Waals surface area contributed by atoms with Gasteiger partial charge in [0.05, 0.1) is 15.6 Å². The van der Waals surface area contributed by atoms with E-state index in [4.69, 9.17) is 23.2 Å². The van der Waals surface area contributed by atoms with Crippen molar-refractivity contribution < 1.29 is 9.18 Å². The van der Waals surface area contributed by atoms with Gasteiger partial charge >= 0.3 is 0 Å². The first-order valence-corrected chi connectivity index (χ1v) is 9.80. The number of carbonyl (C=O) groups is 1. The van der Waals surface area contributed by atoms with E-state index < -0.39 is 5.82 Å². The molecular weight excluding hydrogens is 414 g/mol. The molecule has 2 heterocycles. The summed E-state index contributed by atoms with van der Waals surface area (Å²) in [5.74, 6) is 0.190. The highest BCUT2D eigenvalue weighted by atomic mass is 35.5. The van der Waals surface area contributed by atoms with Gasteiger partial charge in [-0.3, -0.25) is 4.79 Å². The average Bonchev–Trinajstić information content (AvgIpc) is 2.74. The van der Waals surface area contributed by atoms with Gasteiger partial charge in [0.2, 0.25) is 5.91 Å². The van der Waals surface area contributed by atoms with Crippen molar-refractivity contribution in [2.75, 3.05) is 31.1 Å². The smallest absolute Gasteiger partial charge is 0.246 e. The van der Waals surface area contributed by atoms with Gasteiger partial charge in [0, 0.05) is 42.7 Å². The van der Waals surface area contributed by atoms with E-state index in [1.807, 2.05) is 0 Å². The van der Waals surface area contributed by atoms with Crippen molar-refractivity contribution in [3.8, 4) is 11.1 Å². The molecule has 5 nitrogen and oxygen atoms in total. The van der Waals surface area contributed by atoms with Gasteiger partial charge in [0.25, 0.3) is 0 Å². The summed E-state index contributed by atoms with van der Waals surface area (Å²) in [7, 11) is 0. The second-order valence-electron chi connectivity index (χ2n) is 6.64. The Hall–Kier alpha value is -2.70. The van der Waals surface area contributed by atoms with E-state index in [2.05, 4.69) is 21.4 Å². The fourth-order valence-electron chi connectivity index (χ4n) is 3.55. The number of benzene rings is 2. The average molecular weight is 431 g/mol. The normalized spacial score (nSPS) is 14.3. The number of carbonyl (C=O) groups excluding carboxylic acids is 1. The molecule has 1 aromatic heterocycles. The molecule has 0 radical (unpaired) electrons. The summed E-state index contributed by atoms with van der Waals surface area (Å²) in [6.07, 6.45) is 2.75. The summed E-state index contributed by atoms with van der Waals surface area (Å²) in [6.45, 7) is 5.87. The Morgan fingerprint density at radius 1 is 1.14 bits per heavy atom. The van der Waals surface area contributed by atoms with Crippen LogP contribution in [0.3, 0.4) is 0 Å². The molecule has 0 spiro atoms. The summed E-state index contributed by atoms with van der Waals surface area (Å²) in [6, 6.07) is 8.05. The van der Waals surface area contributed by atoms with Crippen LogP contribution in [0.1, 0.15) is 0 Å². The lowest BCUT2D eigenvalue weighted by molar-refractivity contribution is -0.126. The summed E-state index contributed by atoms with van der Waals surface area (Å²) in [5, 5.41) is 1.29. The molecule has 1 amide bonds. The zero-order valence-electron chi connectivity index (χ0n) is 15.4. The molecule has 29 heavy (non-hydrogen) atoms. The molecule has 0 unspecified atom stereocenters. The Kier molecular flexibility index (Phi) is 5.39. The quantitative estimate of drug-likeness (QED) is 0.570. The van der Waals surface area contributed by atoms with E-state index in [1.165, 1.54) is 18.5 Å². The zero-order valence-corrected chi connectivity index (χ0v) is 16.9. The molecule has 3 aromatic rings. The highest BCUT2D eigenvalue weighted by Crippen LogP contribution is 2.42. The number of rotatable bonds is 3. The Balaban J connectivity index is 1.76. The van der Waals surface area contributed by atoms with Crippen molar-refractivity contribution in [3.05, 3.63) is 65.2 Å². The van der Waals surface area contributed by atoms with Gasteiger partial charge in [-0.25, -0.2) is 14.4 Å². The van der Waals surface area contributed by atoms with E-state index in [1.54, 1.807) is 29.2 Å². The van der Waals surface area contributed by atoms with Gasteiger partial charge in [0.1, 0.15) is 18.0 Å². The predicted octanol–water partition coefficient (Wildman–Crippen LogP) is 4.58. The van der Waals surface area contributed by atoms with Crippen molar-refractivity contribution >= 4 is 45.8 Å². The van der Waals surface area contributed by atoms with Crippen LogP contribution in [0.25, 0.3) is 22.0 Å². The van der Waals surface area contributed by atoms with Crippen LogP contribution < -0.4 is 4.90 Å². The van der Waals surface area contributed by atoms with Gasteiger partial charge in [-0.05, 0) is 18.2 Å². The molecule has 1 fully saturated rings. The number of anilines is 1. The van der Waals surface area contributed by atoms with E-state index in [0.717, 1.165) is 0 Å². The molecule has 0 bridgehead atoms. The molecule has 4 rings (SSSR count). The van der Waals surface area contributed by atoms with Crippen molar-refractivity contribution in [1.29, 1.82) is 0 Å². The van der Waals surface area contributed by atoms with Crippen molar-refractivity contribution in [3.63, 3.8) is 0 Å². The number of hydrogen-bond acceptors (Lipinski definition) is 4. The highest BCUT2D eigenvalue weighted by Gasteiger charge is 2.24. The molecule has 1 aliphatic heterocycles. The highest BCUT2D eigenvalue weighted by molar-refractivity contribution is 6.43. The van der Waals surface area contributed by atoms with Crippen molar-refractivity contribution in [2.45, 2.75) is 0 Å². The van der Waals surface area contributed by atoms with E-state index in [9.17, 15) is 9.18 Å². The third-order valence-electron chi connectivity index (χ3n) is 5.01. The maximum Gasteiger partial charge on any atom is 0.246 e. The van der Waals surface area contributed by atoms with Crippen LogP contribution in [-0.2, 0) is 4.79 Å². The van der Waals surface area contributed by atoms with Crippen LogP contribution in [0.2, 0.25) is 10.0 Å². The topological polar surface area (TPSA) is 49.3 Å². The Morgan fingerprint density at radius 3 is 2.55 bits per heavy atom. The molecule has 0 N–H and O–H groups in total. The molecule has 0 aliphatic carbocycles. The Bertz CT molecular complexity index is 1110. The van der Waals surface area contributed by atoms with Gasteiger partial charge < -0.3 is 9.80 Å². The van der Waals surface area contributed by atoms with Crippen molar-refractivity contribution in [1.82, 2.24) is 14.9 Å². The third kappa shape index (κ3) is 3.54. The summed E-state index contributed by atoms with van der Waals surface area (Å²) < 4.78 is 14.3. The maximum atomic E-state index is 14.3. The largest absolute Gasteiger partial charge is 0.352 e. The SMILES string of the molecule is C=CC(=O)N1CCN(c2ncnc3c(Cl)c(-c4ccccc4F)c(Cl)cc23)CC1. The molecule has 0 saturated carbocycles. The van der Waals surface area contributed by atoms with Crippen LogP contribution in [-0.4, -0.2) is 47.0 Å². The Labute approximate surface area is 177 Å². The van der Waals surface area contributed by atoms with Gasteiger partial charge in [-0.1, -0.05) is 48.0 Å². The van der Waals surface area contributed by atoms with Gasteiger partial charge in [0.15, 0.2) is 0 Å². The lowest BCUT2D eigenvalue weighted by atomic mass is 10.0. The summed E-state index contributed by atoms with van der Waals surface area (Å²) in [4.78, 5) is 24.4. The minimum Gasteiger partial charge on any atom is -0.352 e. The number of hydrogen-bond donors (Lipinski definition) is 0. The number of amides is 1. The zero-order chi connectivity index (χ0) is 20.5. The van der Waals surface area contributed by atoms with Gasteiger partial charge in [-0.15, -0.1) is 0 Å². The molecular formula is C21H17Cl2FN4O. The van der Waals surface area contributed by atoms with Crippen LogP contribution >= 0.6 is 23.2 Å². The Morgan fingerprint density at radius 2 is 1.86 bits per heavy atom. The lowest BCUT2D eigenvalue weighted by Gasteiger charge is -2.35. The fraction of sp³-hybridized carbons (Fsp3) is 0.190. The van der Waals surface area contributed by atoms with E-state index >= 15 is 0 Å². The van der Waals surface area contributed by atoms with E-state index in [-0.39, 0.29) is 10.9 Å². The molecule has 0 atom stereocenters. The van der Waals surface area contributed by atoms with Crippen LogP contribution in [0.15, 0.2) is 49.3 Å². The predicted molar refractivity (Wildman–Crippen MR) is 114 cm³/mol. The standard InChI is InChI=1S/C21H17Cl2FN4O/c1-2-17(29)27-7-9-28(10-8-27)21-14-11-15(22)18(13-5-3-4-6-16(13)24)19(23)20(14)25-12-26-21/h2-6,11-12H,1,7-10H2. The van der Waals surface area contributed by atoms with Crippen LogP contribution in [0.5, 0.6) is 0 Å². The van der Waals surface area contributed by atoms with Crippen molar-refractivity contribution in [2.24, 2.45) is 0 Å². The second-order valence-corrected chi connectivity index (χ2v) is 7.42.